The highest BCUT2D eigenvalue weighted by atomic mass is 127. The van der Waals surface area contributed by atoms with Gasteiger partial charge in [0, 0.05) is 51.0 Å². The molecule has 7 nitrogen and oxygen atoms in total. The van der Waals surface area contributed by atoms with Crippen LogP contribution in [0.15, 0.2) is 47.6 Å². The summed E-state index contributed by atoms with van der Waals surface area (Å²) in [5.41, 5.74) is 1.88. The Morgan fingerprint density at radius 3 is 2.90 bits per heavy atom. The van der Waals surface area contributed by atoms with Gasteiger partial charge < -0.3 is 20.9 Å². The largest absolute Gasteiger partial charge is 0.353 e. The topological polar surface area (TPSA) is 81.6 Å². The molecule has 0 spiro atoms. The van der Waals surface area contributed by atoms with Gasteiger partial charge in [-0.3, -0.25) is 9.79 Å². The second kappa shape index (κ2) is 12.7. The van der Waals surface area contributed by atoms with Gasteiger partial charge in [0.2, 0.25) is 5.91 Å². The van der Waals surface area contributed by atoms with Crippen LogP contribution in [0.2, 0.25) is 5.02 Å². The summed E-state index contributed by atoms with van der Waals surface area (Å²) in [4.78, 5) is 22.7. The number of amides is 1. The van der Waals surface area contributed by atoms with Crippen molar-refractivity contribution in [1.82, 2.24) is 15.6 Å². The average Bonchev–Trinajstić information content (AvgIpc) is 3.20. The third-order valence-electron chi connectivity index (χ3n) is 4.94. The lowest BCUT2D eigenvalue weighted by Crippen LogP contribution is -2.44. The maximum Gasteiger partial charge on any atom is 0.224 e. The zero-order valence-electron chi connectivity index (χ0n) is 17.9. The van der Waals surface area contributed by atoms with Gasteiger partial charge in [-0.25, -0.2) is 4.98 Å². The monoisotopic (exact) mass is 556 g/mol. The normalized spacial score (nSPS) is 15.9. The van der Waals surface area contributed by atoms with E-state index in [0.29, 0.717) is 18.0 Å². The van der Waals surface area contributed by atoms with Crippen molar-refractivity contribution in [1.29, 1.82) is 0 Å². The number of hydrogen-bond donors (Lipinski definition) is 3. The fourth-order valence-electron chi connectivity index (χ4n) is 3.46. The highest BCUT2D eigenvalue weighted by Crippen LogP contribution is 2.25. The van der Waals surface area contributed by atoms with Crippen LogP contribution in [-0.2, 0) is 11.3 Å². The SMILES string of the molecule is CCCC(=O)Nc1cccc(CNC(=NC)NC2CCN(c3ncccc3Cl)C2)c1.I. The second-order valence-corrected chi connectivity index (χ2v) is 7.72. The van der Waals surface area contributed by atoms with Gasteiger partial charge >= 0.3 is 0 Å². The molecule has 1 atom stereocenters. The molecule has 0 saturated carbocycles. The van der Waals surface area contributed by atoms with E-state index in [1.807, 2.05) is 43.3 Å². The van der Waals surface area contributed by atoms with Gasteiger partial charge in [-0.2, -0.15) is 0 Å². The van der Waals surface area contributed by atoms with Gasteiger partial charge in [0.15, 0.2) is 5.96 Å². The fraction of sp³-hybridized carbons (Fsp3) is 0.409. The number of hydrogen-bond acceptors (Lipinski definition) is 4. The highest BCUT2D eigenvalue weighted by Gasteiger charge is 2.25. The molecule has 0 radical (unpaired) electrons. The standard InChI is InChI=1S/C22H29ClN6O.HI/c1-3-6-20(30)27-17-8-4-7-16(13-17)14-26-22(24-2)28-18-10-12-29(15-18)21-19(23)9-5-11-25-21;/h4-5,7-9,11,13,18H,3,6,10,12,14-15H2,1-2H3,(H,27,30)(H2,24,26,28);1H. The molecular formula is C22H30ClIN6O. The average molecular weight is 557 g/mol. The molecule has 2 aromatic rings. The number of anilines is 2. The molecule has 1 fully saturated rings. The van der Waals surface area contributed by atoms with Crippen LogP contribution in [0.1, 0.15) is 31.7 Å². The number of nitrogens with one attached hydrogen (secondary N) is 3. The zero-order chi connectivity index (χ0) is 21.3. The predicted molar refractivity (Wildman–Crippen MR) is 139 cm³/mol. The molecule has 3 N–H and O–H groups in total. The lowest BCUT2D eigenvalue weighted by atomic mass is 10.2. The Morgan fingerprint density at radius 2 is 2.16 bits per heavy atom. The number of carbonyl (C=O) groups excluding carboxylic acids is 1. The number of guanidine groups is 1. The quantitative estimate of drug-likeness (QED) is 0.273. The molecule has 9 heteroatoms. The van der Waals surface area contributed by atoms with Gasteiger partial charge in [0.25, 0.3) is 0 Å². The Labute approximate surface area is 206 Å². The molecule has 3 rings (SSSR count). The molecule has 0 bridgehead atoms. The molecular weight excluding hydrogens is 527 g/mol. The second-order valence-electron chi connectivity index (χ2n) is 7.31. The summed E-state index contributed by atoms with van der Waals surface area (Å²) < 4.78 is 0. The van der Waals surface area contributed by atoms with Crippen LogP contribution in [0.25, 0.3) is 0 Å². The number of aromatic nitrogens is 1. The van der Waals surface area contributed by atoms with Crippen molar-refractivity contribution in [3.63, 3.8) is 0 Å². The lowest BCUT2D eigenvalue weighted by molar-refractivity contribution is -0.116. The van der Waals surface area contributed by atoms with Crippen molar-refractivity contribution < 1.29 is 4.79 Å². The number of aliphatic imine (C=N–C) groups is 1. The summed E-state index contributed by atoms with van der Waals surface area (Å²) >= 11 is 6.28. The van der Waals surface area contributed by atoms with Crippen molar-refractivity contribution in [3.8, 4) is 0 Å². The summed E-state index contributed by atoms with van der Waals surface area (Å²) in [7, 11) is 1.76. The minimum atomic E-state index is 0. The summed E-state index contributed by atoms with van der Waals surface area (Å²) in [5.74, 6) is 1.61. The molecule has 1 aliphatic rings. The van der Waals surface area contributed by atoms with E-state index in [4.69, 9.17) is 11.6 Å². The van der Waals surface area contributed by atoms with Crippen molar-refractivity contribution >= 4 is 58.9 Å². The fourth-order valence-corrected chi connectivity index (χ4v) is 3.70. The lowest BCUT2D eigenvalue weighted by Gasteiger charge is -2.20. The number of halogens is 2. The van der Waals surface area contributed by atoms with Gasteiger partial charge in [0.1, 0.15) is 5.82 Å². The number of nitrogens with zero attached hydrogens (tertiary/aromatic N) is 3. The minimum Gasteiger partial charge on any atom is -0.353 e. The molecule has 1 aromatic carbocycles. The van der Waals surface area contributed by atoms with Crippen LogP contribution in [0, 0.1) is 0 Å². The predicted octanol–water partition coefficient (Wildman–Crippen LogP) is 4.04. The Hall–Kier alpha value is -2.07. The molecule has 1 aromatic heterocycles. The number of benzene rings is 1. The zero-order valence-corrected chi connectivity index (χ0v) is 21.0. The summed E-state index contributed by atoms with van der Waals surface area (Å²) in [6.45, 7) is 4.31. The first-order valence-electron chi connectivity index (χ1n) is 10.3. The summed E-state index contributed by atoms with van der Waals surface area (Å²) in [6.07, 6.45) is 4.11. The maximum atomic E-state index is 11.8. The number of rotatable bonds is 7. The summed E-state index contributed by atoms with van der Waals surface area (Å²) in [6, 6.07) is 11.8. The van der Waals surface area contributed by atoms with Gasteiger partial charge in [-0.05, 0) is 42.7 Å². The van der Waals surface area contributed by atoms with E-state index in [9.17, 15) is 4.79 Å². The Balaban J connectivity index is 0.00000341. The Morgan fingerprint density at radius 1 is 1.32 bits per heavy atom. The molecule has 1 amide bonds. The Kier molecular flexibility index (Phi) is 10.3. The van der Waals surface area contributed by atoms with E-state index in [-0.39, 0.29) is 35.9 Å². The molecule has 1 aliphatic heterocycles. The van der Waals surface area contributed by atoms with E-state index < -0.39 is 0 Å². The van der Waals surface area contributed by atoms with Crippen molar-refractivity contribution in [2.24, 2.45) is 4.99 Å². The smallest absolute Gasteiger partial charge is 0.224 e. The third kappa shape index (κ3) is 7.53. The van der Waals surface area contributed by atoms with Crippen molar-refractivity contribution in [2.75, 3.05) is 30.4 Å². The van der Waals surface area contributed by atoms with E-state index in [2.05, 4.69) is 30.8 Å². The number of carbonyl (C=O) groups is 1. The third-order valence-corrected chi connectivity index (χ3v) is 5.23. The first-order valence-corrected chi connectivity index (χ1v) is 10.7. The van der Waals surface area contributed by atoms with Crippen LogP contribution < -0.4 is 20.9 Å². The van der Waals surface area contributed by atoms with Gasteiger partial charge in [0.05, 0.1) is 5.02 Å². The maximum absolute atomic E-state index is 11.8. The van der Waals surface area contributed by atoms with Gasteiger partial charge in [-0.1, -0.05) is 30.7 Å². The van der Waals surface area contributed by atoms with E-state index >= 15 is 0 Å². The Bertz CT molecular complexity index is 894. The molecule has 1 saturated heterocycles. The minimum absolute atomic E-state index is 0. The van der Waals surface area contributed by atoms with Gasteiger partial charge in [-0.15, -0.1) is 24.0 Å². The van der Waals surface area contributed by atoms with Crippen molar-refractivity contribution in [3.05, 3.63) is 53.2 Å². The van der Waals surface area contributed by atoms with E-state index in [1.165, 1.54) is 0 Å². The van der Waals surface area contributed by atoms with Crippen LogP contribution in [0.4, 0.5) is 11.5 Å². The first kappa shape index (κ1) is 25.2. The molecule has 0 aliphatic carbocycles. The molecule has 168 valence electrons. The van der Waals surface area contributed by atoms with Crippen LogP contribution >= 0.6 is 35.6 Å². The first-order chi connectivity index (χ1) is 14.6. The summed E-state index contributed by atoms with van der Waals surface area (Å²) in [5, 5.41) is 10.4. The van der Waals surface area contributed by atoms with Crippen LogP contribution in [0.5, 0.6) is 0 Å². The van der Waals surface area contributed by atoms with E-state index in [1.54, 1.807) is 13.2 Å². The number of pyridine rings is 1. The molecule has 31 heavy (non-hydrogen) atoms. The molecule has 1 unspecified atom stereocenters. The van der Waals surface area contributed by atoms with E-state index in [0.717, 1.165) is 49.0 Å². The van der Waals surface area contributed by atoms with Crippen LogP contribution in [0.3, 0.4) is 0 Å². The highest BCUT2D eigenvalue weighted by molar-refractivity contribution is 14.0. The molecule has 2 heterocycles. The van der Waals surface area contributed by atoms with Crippen molar-refractivity contribution in [2.45, 2.75) is 38.8 Å². The van der Waals surface area contributed by atoms with Crippen LogP contribution in [-0.4, -0.2) is 43.0 Å².